The molecule has 5 nitrogen and oxygen atoms in total. The van der Waals surface area contributed by atoms with Crippen molar-refractivity contribution in [3.05, 3.63) is 70.5 Å². The summed E-state index contributed by atoms with van der Waals surface area (Å²) >= 11 is 0. The molecule has 0 radical (unpaired) electrons. The molecule has 0 amide bonds. The summed E-state index contributed by atoms with van der Waals surface area (Å²) in [7, 11) is 0. The van der Waals surface area contributed by atoms with Gasteiger partial charge in [0.1, 0.15) is 0 Å². The van der Waals surface area contributed by atoms with Crippen LogP contribution in [0, 0.1) is 0 Å². The lowest BCUT2D eigenvalue weighted by Gasteiger charge is -2.41. The minimum atomic E-state index is -0.0645. The van der Waals surface area contributed by atoms with Crippen LogP contribution in [0.25, 0.3) is 10.9 Å². The number of hydrogen-bond donors (Lipinski definition) is 1. The first-order valence-corrected chi connectivity index (χ1v) is 9.26. The molecule has 1 atom stereocenters. The van der Waals surface area contributed by atoms with Gasteiger partial charge in [0.25, 0.3) is 5.56 Å². The van der Waals surface area contributed by atoms with Gasteiger partial charge in [-0.05, 0) is 24.1 Å². The van der Waals surface area contributed by atoms with E-state index < -0.39 is 0 Å². The van der Waals surface area contributed by atoms with E-state index in [0.29, 0.717) is 17.4 Å². The van der Waals surface area contributed by atoms with Crippen LogP contribution in [0.15, 0.2) is 59.4 Å². The lowest BCUT2D eigenvalue weighted by molar-refractivity contribution is 0.163. The Hall–Kier alpha value is -2.66. The average Bonchev–Trinajstić information content (AvgIpc) is 2.69. The summed E-state index contributed by atoms with van der Waals surface area (Å²) in [6.45, 7) is 5.90. The number of nitrogens with one attached hydrogen (secondary N) is 1. The molecule has 1 aromatic heterocycles. The number of nitrogens with zero attached hydrogens (tertiary/aromatic N) is 3. The summed E-state index contributed by atoms with van der Waals surface area (Å²) in [5.41, 5.74) is 2.04. The van der Waals surface area contributed by atoms with Crippen molar-refractivity contribution in [2.75, 3.05) is 24.5 Å². The quantitative estimate of drug-likeness (QED) is 0.787. The molecule has 2 heterocycles. The predicted molar refractivity (Wildman–Crippen MR) is 106 cm³/mol. The number of rotatable bonds is 4. The van der Waals surface area contributed by atoms with Crippen molar-refractivity contribution in [2.24, 2.45) is 0 Å². The summed E-state index contributed by atoms with van der Waals surface area (Å²) in [5, 5.41) is 0.644. The second-order valence-electron chi connectivity index (χ2n) is 6.87. The van der Waals surface area contributed by atoms with Gasteiger partial charge in [0.2, 0.25) is 5.95 Å². The van der Waals surface area contributed by atoms with Gasteiger partial charge in [-0.25, -0.2) is 4.98 Å². The molecule has 1 N–H and O–H groups in total. The molecular formula is C21H24N4O. The molecule has 2 aromatic carbocycles. The van der Waals surface area contributed by atoms with E-state index in [2.05, 4.69) is 57.0 Å². The lowest BCUT2D eigenvalue weighted by atomic mass is 10.1. The molecule has 1 fully saturated rings. The molecule has 5 heteroatoms. The Bertz CT molecular complexity index is 937. The van der Waals surface area contributed by atoms with Crippen molar-refractivity contribution in [3.8, 4) is 0 Å². The number of piperazine rings is 1. The number of aromatic amines is 1. The summed E-state index contributed by atoms with van der Waals surface area (Å²) in [6, 6.07) is 18.6. The maximum absolute atomic E-state index is 12.4. The second kappa shape index (κ2) is 7.30. The van der Waals surface area contributed by atoms with Gasteiger partial charge < -0.3 is 4.90 Å². The van der Waals surface area contributed by atoms with Crippen molar-refractivity contribution in [3.63, 3.8) is 0 Å². The first-order chi connectivity index (χ1) is 12.7. The second-order valence-corrected chi connectivity index (χ2v) is 6.87. The van der Waals surface area contributed by atoms with Crippen LogP contribution >= 0.6 is 0 Å². The van der Waals surface area contributed by atoms with Crippen LogP contribution < -0.4 is 10.5 Å². The molecule has 1 saturated heterocycles. The highest BCUT2D eigenvalue weighted by atomic mass is 16.1. The van der Waals surface area contributed by atoms with Gasteiger partial charge in [-0.15, -0.1) is 0 Å². The molecule has 0 aliphatic carbocycles. The summed E-state index contributed by atoms with van der Waals surface area (Å²) < 4.78 is 0. The fourth-order valence-electron chi connectivity index (χ4n) is 3.72. The first kappa shape index (κ1) is 16.8. The molecule has 134 valence electrons. The number of H-pyrrole nitrogens is 1. The van der Waals surface area contributed by atoms with Gasteiger partial charge in [-0.1, -0.05) is 49.4 Å². The van der Waals surface area contributed by atoms with Crippen LogP contribution in [0.2, 0.25) is 0 Å². The molecule has 1 unspecified atom stereocenters. The van der Waals surface area contributed by atoms with Crippen molar-refractivity contribution in [1.82, 2.24) is 14.9 Å². The van der Waals surface area contributed by atoms with Crippen LogP contribution in [0.1, 0.15) is 18.9 Å². The monoisotopic (exact) mass is 348 g/mol. The number of fused-ring (bicyclic) bond motifs is 1. The molecular weight excluding hydrogens is 324 g/mol. The Balaban J connectivity index is 1.54. The standard InChI is InChI=1S/C21H24N4O/c1-2-17-15-25(13-12-24(17)14-16-8-4-3-5-9-16)21-22-19-11-7-6-10-18(19)20(26)23-21/h3-11,17H,2,12-15H2,1H3,(H,22,23,26). The van der Waals surface area contributed by atoms with Crippen LogP contribution in [0.5, 0.6) is 0 Å². The van der Waals surface area contributed by atoms with E-state index in [1.807, 2.05) is 24.3 Å². The summed E-state index contributed by atoms with van der Waals surface area (Å²) in [4.78, 5) is 24.8. The Morgan fingerprint density at radius 3 is 2.65 bits per heavy atom. The number of hydrogen-bond acceptors (Lipinski definition) is 4. The topological polar surface area (TPSA) is 52.2 Å². The molecule has 3 aromatic rings. The van der Waals surface area contributed by atoms with Gasteiger partial charge in [0, 0.05) is 32.2 Å². The molecule has 4 rings (SSSR count). The highest BCUT2D eigenvalue weighted by Crippen LogP contribution is 2.20. The van der Waals surface area contributed by atoms with Gasteiger partial charge in [-0.3, -0.25) is 14.7 Å². The smallest absolute Gasteiger partial charge is 0.260 e. The molecule has 1 aliphatic rings. The Kier molecular flexibility index (Phi) is 4.71. The van der Waals surface area contributed by atoms with Gasteiger partial charge in [0.05, 0.1) is 10.9 Å². The van der Waals surface area contributed by atoms with Crippen molar-refractivity contribution >= 4 is 16.9 Å². The van der Waals surface area contributed by atoms with Crippen LogP contribution in [0.4, 0.5) is 5.95 Å². The molecule has 0 bridgehead atoms. The number of aromatic nitrogens is 2. The van der Waals surface area contributed by atoms with E-state index in [4.69, 9.17) is 0 Å². The average molecular weight is 348 g/mol. The maximum Gasteiger partial charge on any atom is 0.260 e. The number of benzene rings is 2. The zero-order valence-corrected chi connectivity index (χ0v) is 15.1. The van der Waals surface area contributed by atoms with Gasteiger partial charge in [0.15, 0.2) is 0 Å². The minimum absolute atomic E-state index is 0.0645. The van der Waals surface area contributed by atoms with E-state index in [1.54, 1.807) is 0 Å². The third-order valence-corrected chi connectivity index (χ3v) is 5.20. The van der Waals surface area contributed by atoms with Crippen LogP contribution in [-0.4, -0.2) is 40.5 Å². The van der Waals surface area contributed by atoms with E-state index >= 15 is 0 Å². The maximum atomic E-state index is 12.4. The fourth-order valence-corrected chi connectivity index (χ4v) is 3.72. The van der Waals surface area contributed by atoms with Gasteiger partial charge >= 0.3 is 0 Å². The van der Waals surface area contributed by atoms with Crippen molar-refractivity contribution in [2.45, 2.75) is 25.9 Å². The normalized spacial score (nSPS) is 18.3. The Labute approximate surface area is 153 Å². The van der Waals surface area contributed by atoms with E-state index in [0.717, 1.165) is 38.1 Å². The van der Waals surface area contributed by atoms with E-state index in [1.165, 1.54) is 5.56 Å². The number of para-hydroxylation sites is 1. The van der Waals surface area contributed by atoms with Crippen molar-refractivity contribution in [1.29, 1.82) is 0 Å². The molecule has 0 saturated carbocycles. The SMILES string of the molecule is CCC1CN(c2nc3ccccc3c(=O)[nH]2)CCN1Cc1ccccc1. The van der Waals surface area contributed by atoms with Crippen LogP contribution in [-0.2, 0) is 6.54 Å². The third-order valence-electron chi connectivity index (χ3n) is 5.20. The molecule has 1 aliphatic heterocycles. The minimum Gasteiger partial charge on any atom is -0.339 e. The highest BCUT2D eigenvalue weighted by molar-refractivity contribution is 5.78. The largest absolute Gasteiger partial charge is 0.339 e. The van der Waals surface area contributed by atoms with Crippen LogP contribution in [0.3, 0.4) is 0 Å². The fraction of sp³-hybridized carbons (Fsp3) is 0.333. The van der Waals surface area contributed by atoms with E-state index in [9.17, 15) is 4.79 Å². The lowest BCUT2D eigenvalue weighted by Crippen LogP contribution is -2.53. The van der Waals surface area contributed by atoms with E-state index in [-0.39, 0.29) is 5.56 Å². The predicted octanol–water partition coefficient (Wildman–Crippen LogP) is 3.02. The Morgan fingerprint density at radius 2 is 1.85 bits per heavy atom. The third kappa shape index (κ3) is 3.35. The summed E-state index contributed by atoms with van der Waals surface area (Å²) in [6.07, 6.45) is 1.07. The molecule has 0 spiro atoms. The summed E-state index contributed by atoms with van der Waals surface area (Å²) in [5.74, 6) is 0.687. The first-order valence-electron chi connectivity index (χ1n) is 9.26. The zero-order valence-electron chi connectivity index (χ0n) is 15.1. The zero-order chi connectivity index (χ0) is 17.9. The Morgan fingerprint density at radius 1 is 1.08 bits per heavy atom. The molecule has 26 heavy (non-hydrogen) atoms. The highest BCUT2D eigenvalue weighted by Gasteiger charge is 2.27. The van der Waals surface area contributed by atoms with Crippen molar-refractivity contribution < 1.29 is 0 Å². The number of anilines is 1. The van der Waals surface area contributed by atoms with Gasteiger partial charge in [-0.2, -0.15) is 0 Å².